The Kier molecular flexibility index (Phi) is 2.01. The molecule has 0 aliphatic heterocycles. The Balaban J connectivity index is 3.22. The van der Waals surface area contributed by atoms with Gasteiger partial charge in [-0.25, -0.2) is 0 Å². The SMILES string of the molecule is O=Cc1ccccc1C(=O)[O-]. The Bertz CT molecular complexity index is 291. The summed E-state index contributed by atoms with van der Waals surface area (Å²) in [5, 5.41) is 10.3. The van der Waals surface area contributed by atoms with Gasteiger partial charge < -0.3 is 9.90 Å². The van der Waals surface area contributed by atoms with Gasteiger partial charge in [-0.15, -0.1) is 0 Å². The second kappa shape index (κ2) is 2.96. The van der Waals surface area contributed by atoms with Crippen LogP contribution < -0.4 is 5.11 Å². The van der Waals surface area contributed by atoms with E-state index in [9.17, 15) is 14.7 Å². The normalized spacial score (nSPS) is 9.09. The molecule has 0 radical (unpaired) electrons. The van der Waals surface area contributed by atoms with Crippen molar-refractivity contribution in [2.24, 2.45) is 0 Å². The molecule has 1 aromatic carbocycles. The molecule has 0 saturated carbocycles. The number of carbonyl (C=O) groups excluding carboxylic acids is 2. The maximum Gasteiger partial charge on any atom is 0.150 e. The summed E-state index contributed by atoms with van der Waals surface area (Å²) in [4.78, 5) is 20.6. The minimum atomic E-state index is -1.33. The van der Waals surface area contributed by atoms with E-state index in [1.54, 1.807) is 6.07 Å². The third-order valence-electron chi connectivity index (χ3n) is 1.31. The maximum atomic E-state index is 10.3. The summed E-state index contributed by atoms with van der Waals surface area (Å²) in [6, 6.07) is 5.89. The molecule has 11 heavy (non-hydrogen) atoms. The summed E-state index contributed by atoms with van der Waals surface area (Å²) in [5.74, 6) is -1.33. The number of carbonyl (C=O) groups is 2. The molecule has 1 rings (SSSR count). The van der Waals surface area contributed by atoms with Crippen LogP contribution in [0.5, 0.6) is 0 Å². The quantitative estimate of drug-likeness (QED) is 0.550. The molecule has 0 fully saturated rings. The highest BCUT2D eigenvalue weighted by atomic mass is 16.4. The van der Waals surface area contributed by atoms with E-state index in [1.807, 2.05) is 0 Å². The number of carboxylic acids is 1. The molecule has 0 aliphatic rings. The van der Waals surface area contributed by atoms with E-state index in [-0.39, 0.29) is 11.1 Å². The molecule has 0 unspecified atom stereocenters. The van der Waals surface area contributed by atoms with Gasteiger partial charge in [0.1, 0.15) is 0 Å². The first-order valence-electron chi connectivity index (χ1n) is 3.01. The number of rotatable bonds is 2. The van der Waals surface area contributed by atoms with E-state index < -0.39 is 5.97 Å². The van der Waals surface area contributed by atoms with E-state index >= 15 is 0 Å². The van der Waals surface area contributed by atoms with Crippen molar-refractivity contribution >= 4 is 12.3 Å². The first kappa shape index (κ1) is 7.47. The van der Waals surface area contributed by atoms with E-state index in [2.05, 4.69) is 0 Å². The number of aromatic carboxylic acids is 1. The summed E-state index contributed by atoms with van der Waals surface area (Å²) in [6.45, 7) is 0. The Morgan fingerprint density at radius 1 is 1.36 bits per heavy atom. The largest absolute Gasteiger partial charge is 0.545 e. The molecule has 3 nitrogen and oxygen atoms in total. The molecule has 0 aromatic heterocycles. The average molecular weight is 149 g/mol. The second-order valence-corrected chi connectivity index (χ2v) is 1.99. The van der Waals surface area contributed by atoms with Crippen molar-refractivity contribution in [1.82, 2.24) is 0 Å². The number of hydrogen-bond acceptors (Lipinski definition) is 3. The Labute approximate surface area is 63.3 Å². The molecule has 0 atom stereocenters. The topological polar surface area (TPSA) is 57.2 Å². The van der Waals surface area contributed by atoms with Crippen LogP contribution in [0.2, 0.25) is 0 Å². The molecular formula is C8H5O3-. The Hall–Kier alpha value is -1.64. The highest BCUT2D eigenvalue weighted by Gasteiger charge is 1.98. The smallest absolute Gasteiger partial charge is 0.150 e. The Morgan fingerprint density at radius 3 is 2.45 bits per heavy atom. The lowest BCUT2D eigenvalue weighted by Gasteiger charge is -2.03. The predicted molar refractivity (Wildman–Crippen MR) is 36.2 cm³/mol. The molecule has 56 valence electrons. The number of carboxylic acid groups (broad SMARTS) is 1. The minimum Gasteiger partial charge on any atom is -0.545 e. The summed E-state index contributed by atoms with van der Waals surface area (Å²) >= 11 is 0. The summed E-state index contributed by atoms with van der Waals surface area (Å²) in [6.07, 6.45) is 0.491. The van der Waals surface area contributed by atoms with Gasteiger partial charge in [0.05, 0.1) is 5.97 Å². The standard InChI is InChI=1S/C8H6O3/c9-5-6-3-1-2-4-7(6)8(10)11/h1-5H,(H,10,11)/p-1. The highest BCUT2D eigenvalue weighted by molar-refractivity contribution is 5.95. The molecule has 0 amide bonds. The third kappa shape index (κ3) is 1.43. The molecule has 0 heterocycles. The van der Waals surface area contributed by atoms with Gasteiger partial charge in [-0.2, -0.15) is 0 Å². The summed E-state index contributed by atoms with van der Waals surface area (Å²) in [5.41, 5.74) is 0.0787. The van der Waals surface area contributed by atoms with Crippen LogP contribution >= 0.6 is 0 Å². The molecule has 0 bridgehead atoms. The van der Waals surface area contributed by atoms with E-state index in [4.69, 9.17) is 0 Å². The van der Waals surface area contributed by atoms with Crippen LogP contribution in [-0.2, 0) is 0 Å². The third-order valence-corrected chi connectivity index (χ3v) is 1.31. The van der Waals surface area contributed by atoms with Crippen molar-refractivity contribution in [3.05, 3.63) is 35.4 Å². The maximum absolute atomic E-state index is 10.3. The molecule has 3 heteroatoms. The van der Waals surface area contributed by atoms with Crippen LogP contribution in [0.25, 0.3) is 0 Å². The van der Waals surface area contributed by atoms with Crippen molar-refractivity contribution < 1.29 is 14.7 Å². The predicted octanol–water partition coefficient (Wildman–Crippen LogP) is -0.137. The minimum absolute atomic E-state index is 0.0671. The van der Waals surface area contributed by atoms with Crippen molar-refractivity contribution in [3.63, 3.8) is 0 Å². The van der Waals surface area contributed by atoms with Crippen LogP contribution in [0, 0.1) is 0 Å². The first-order valence-corrected chi connectivity index (χ1v) is 3.01. The van der Waals surface area contributed by atoms with Crippen LogP contribution in [0.3, 0.4) is 0 Å². The van der Waals surface area contributed by atoms with Gasteiger partial charge in [-0.3, -0.25) is 4.79 Å². The molecule has 0 saturated heterocycles. The number of benzene rings is 1. The zero-order valence-electron chi connectivity index (χ0n) is 5.61. The van der Waals surface area contributed by atoms with Crippen LogP contribution in [0.15, 0.2) is 24.3 Å². The van der Waals surface area contributed by atoms with Crippen molar-refractivity contribution in [2.45, 2.75) is 0 Å². The van der Waals surface area contributed by atoms with Crippen LogP contribution in [-0.4, -0.2) is 12.3 Å². The van der Waals surface area contributed by atoms with Gasteiger partial charge in [-0.05, 0) is 0 Å². The van der Waals surface area contributed by atoms with Crippen molar-refractivity contribution in [3.8, 4) is 0 Å². The van der Waals surface area contributed by atoms with Gasteiger partial charge in [0, 0.05) is 11.1 Å². The van der Waals surface area contributed by atoms with E-state index in [0.717, 1.165) is 0 Å². The zero-order valence-corrected chi connectivity index (χ0v) is 5.61. The van der Waals surface area contributed by atoms with Gasteiger partial charge >= 0.3 is 0 Å². The van der Waals surface area contributed by atoms with Gasteiger partial charge in [0.25, 0.3) is 0 Å². The van der Waals surface area contributed by atoms with E-state index in [0.29, 0.717) is 6.29 Å². The lowest BCUT2D eigenvalue weighted by molar-refractivity contribution is -0.255. The summed E-state index contributed by atoms with van der Waals surface area (Å²) < 4.78 is 0. The summed E-state index contributed by atoms with van der Waals surface area (Å²) in [7, 11) is 0. The number of hydrogen-bond donors (Lipinski definition) is 0. The fourth-order valence-electron chi connectivity index (χ4n) is 0.786. The van der Waals surface area contributed by atoms with Crippen molar-refractivity contribution in [1.29, 1.82) is 0 Å². The molecular weight excluding hydrogens is 144 g/mol. The van der Waals surface area contributed by atoms with Gasteiger partial charge in [0.15, 0.2) is 6.29 Å². The average Bonchev–Trinajstić information content (AvgIpc) is 2.04. The fourth-order valence-corrected chi connectivity index (χ4v) is 0.786. The van der Waals surface area contributed by atoms with Crippen molar-refractivity contribution in [2.75, 3.05) is 0 Å². The highest BCUT2D eigenvalue weighted by Crippen LogP contribution is 2.03. The lowest BCUT2D eigenvalue weighted by Crippen LogP contribution is -2.23. The second-order valence-electron chi connectivity index (χ2n) is 1.99. The monoisotopic (exact) mass is 149 g/mol. The Morgan fingerprint density at radius 2 is 2.00 bits per heavy atom. The van der Waals surface area contributed by atoms with E-state index in [1.165, 1.54) is 18.2 Å². The van der Waals surface area contributed by atoms with Gasteiger partial charge in [-0.1, -0.05) is 24.3 Å². The molecule has 1 aromatic rings. The van der Waals surface area contributed by atoms with Crippen LogP contribution in [0.1, 0.15) is 20.7 Å². The number of aldehydes is 1. The van der Waals surface area contributed by atoms with Gasteiger partial charge in [0.2, 0.25) is 0 Å². The first-order chi connectivity index (χ1) is 5.25. The zero-order chi connectivity index (χ0) is 8.27. The molecule has 0 N–H and O–H groups in total. The fraction of sp³-hybridized carbons (Fsp3) is 0. The molecule has 0 aliphatic carbocycles. The van der Waals surface area contributed by atoms with Crippen LogP contribution in [0.4, 0.5) is 0 Å². The lowest BCUT2D eigenvalue weighted by atomic mass is 10.1. The molecule has 0 spiro atoms.